The Morgan fingerprint density at radius 2 is 1.85 bits per heavy atom. The normalized spacial score (nSPS) is 32.2. The molecule has 1 fully saturated rings. The van der Waals surface area contributed by atoms with Gasteiger partial charge in [-0.05, 0) is 30.9 Å². The number of hydrogen-bond acceptors (Lipinski definition) is 4. The summed E-state index contributed by atoms with van der Waals surface area (Å²) in [6.07, 6.45) is 5.13. The predicted octanol–water partition coefficient (Wildman–Crippen LogP) is 2.42. The van der Waals surface area contributed by atoms with Gasteiger partial charge in [0, 0.05) is 11.3 Å². The smallest absolute Gasteiger partial charge is 0.263 e. The van der Waals surface area contributed by atoms with Gasteiger partial charge in [0.25, 0.3) is 0 Å². The molecule has 0 amide bonds. The van der Waals surface area contributed by atoms with E-state index in [9.17, 15) is 18.5 Å². The zero-order valence-electron chi connectivity index (χ0n) is 10.8. The van der Waals surface area contributed by atoms with Crippen LogP contribution in [0.3, 0.4) is 0 Å². The third-order valence-corrected chi connectivity index (χ3v) is 6.87. The molecule has 0 aromatic heterocycles. The maximum absolute atomic E-state index is 12.9. The molecule has 3 aliphatic carbocycles. The van der Waals surface area contributed by atoms with E-state index in [1.165, 1.54) is 12.1 Å². The number of allylic oxidation sites excluding steroid dienone is 1. The highest BCUT2D eigenvalue weighted by Crippen LogP contribution is 2.49. The van der Waals surface area contributed by atoms with Crippen molar-refractivity contribution in [2.45, 2.75) is 29.0 Å². The molecule has 3 atom stereocenters. The van der Waals surface area contributed by atoms with Gasteiger partial charge in [-0.25, -0.2) is 8.42 Å². The first kappa shape index (κ1) is 13.3. The molecule has 3 aliphatic rings. The van der Waals surface area contributed by atoms with E-state index in [0.29, 0.717) is 6.42 Å². The van der Waals surface area contributed by atoms with Crippen molar-refractivity contribution in [2.75, 3.05) is 0 Å². The lowest BCUT2D eigenvalue weighted by Gasteiger charge is -2.40. The SMILES string of the molecule is O=[N+]([O-])[C@@]1(S(=O)(=O)c2ccccc2)C[C@@H]2C=C[C@H]1CC2. The Labute approximate surface area is 117 Å². The zero-order chi connectivity index (χ0) is 14.4. The minimum atomic E-state index is -4.00. The van der Waals surface area contributed by atoms with E-state index in [2.05, 4.69) is 0 Å². The second-order valence-electron chi connectivity index (χ2n) is 5.45. The lowest BCUT2D eigenvalue weighted by molar-refractivity contribution is -0.554. The molecule has 20 heavy (non-hydrogen) atoms. The Bertz CT molecular complexity index is 668. The Hall–Kier alpha value is -1.69. The van der Waals surface area contributed by atoms with Crippen molar-refractivity contribution in [2.24, 2.45) is 11.8 Å². The number of nitro groups is 1. The molecule has 1 aromatic rings. The second kappa shape index (κ2) is 4.41. The van der Waals surface area contributed by atoms with Gasteiger partial charge < -0.3 is 0 Å². The number of benzene rings is 1. The van der Waals surface area contributed by atoms with Crippen LogP contribution in [0, 0.1) is 22.0 Å². The third kappa shape index (κ3) is 1.64. The Kier molecular flexibility index (Phi) is 2.93. The molecule has 0 radical (unpaired) electrons. The van der Waals surface area contributed by atoms with Crippen molar-refractivity contribution in [3.63, 3.8) is 0 Å². The van der Waals surface area contributed by atoms with Gasteiger partial charge in [0.2, 0.25) is 9.84 Å². The molecule has 0 N–H and O–H groups in total. The highest BCUT2D eigenvalue weighted by atomic mass is 32.2. The van der Waals surface area contributed by atoms with Gasteiger partial charge in [-0.15, -0.1) is 0 Å². The number of sulfone groups is 1. The molecule has 0 heterocycles. The molecule has 0 unspecified atom stereocenters. The molecule has 5 nitrogen and oxygen atoms in total. The fourth-order valence-electron chi connectivity index (χ4n) is 3.37. The van der Waals surface area contributed by atoms with Crippen molar-refractivity contribution in [1.29, 1.82) is 0 Å². The maximum atomic E-state index is 12.9. The van der Waals surface area contributed by atoms with E-state index in [4.69, 9.17) is 0 Å². The molecule has 2 bridgehead atoms. The predicted molar refractivity (Wildman–Crippen MR) is 73.3 cm³/mol. The van der Waals surface area contributed by atoms with Gasteiger partial charge >= 0.3 is 4.87 Å². The summed E-state index contributed by atoms with van der Waals surface area (Å²) >= 11 is 0. The van der Waals surface area contributed by atoms with E-state index < -0.39 is 25.5 Å². The number of nitrogens with zero attached hydrogens (tertiary/aromatic N) is 1. The van der Waals surface area contributed by atoms with Crippen LogP contribution in [0.15, 0.2) is 47.4 Å². The van der Waals surface area contributed by atoms with E-state index in [1.807, 2.05) is 6.08 Å². The van der Waals surface area contributed by atoms with Crippen LogP contribution >= 0.6 is 0 Å². The Morgan fingerprint density at radius 1 is 1.15 bits per heavy atom. The summed E-state index contributed by atoms with van der Waals surface area (Å²) in [6, 6.07) is 7.76. The molecular weight excluding hydrogens is 278 g/mol. The summed E-state index contributed by atoms with van der Waals surface area (Å²) in [7, 11) is -4.00. The zero-order valence-corrected chi connectivity index (χ0v) is 11.6. The van der Waals surface area contributed by atoms with Crippen molar-refractivity contribution in [1.82, 2.24) is 0 Å². The molecule has 0 spiro atoms. The molecule has 0 aliphatic heterocycles. The van der Waals surface area contributed by atoms with E-state index >= 15 is 0 Å². The summed E-state index contributed by atoms with van der Waals surface area (Å²) in [5, 5.41) is 11.7. The average molecular weight is 293 g/mol. The topological polar surface area (TPSA) is 77.3 Å². The lowest BCUT2D eigenvalue weighted by atomic mass is 9.72. The van der Waals surface area contributed by atoms with Crippen molar-refractivity contribution < 1.29 is 13.3 Å². The summed E-state index contributed by atoms with van der Waals surface area (Å²) in [4.78, 5) is 9.25. The molecular formula is C14H15NO4S. The van der Waals surface area contributed by atoms with Gasteiger partial charge in [-0.2, -0.15) is 0 Å². The molecule has 0 saturated heterocycles. The first-order valence-corrected chi connectivity index (χ1v) is 8.09. The minimum Gasteiger partial charge on any atom is -0.263 e. The van der Waals surface area contributed by atoms with E-state index in [1.54, 1.807) is 24.3 Å². The quantitative estimate of drug-likeness (QED) is 0.487. The first-order chi connectivity index (χ1) is 9.48. The Morgan fingerprint density at radius 3 is 2.30 bits per heavy atom. The molecule has 4 rings (SSSR count). The average Bonchev–Trinajstić information content (AvgIpc) is 2.48. The second-order valence-corrected chi connectivity index (χ2v) is 7.64. The van der Waals surface area contributed by atoms with E-state index in [-0.39, 0.29) is 17.2 Å². The monoisotopic (exact) mass is 293 g/mol. The molecule has 1 saturated carbocycles. The largest absolute Gasteiger partial charge is 0.329 e. The van der Waals surface area contributed by atoms with Crippen LogP contribution in [-0.2, 0) is 9.84 Å². The van der Waals surface area contributed by atoms with Crippen LogP contribution in [0.5, 0.6) is 0 Å². The highest BCUT2D eigenvalue weighted by Gasteiger charge is 2.64. The lowest BCUT2D eigenvalue weighted by Crippen LogP contribution is -2.56. The molecule has 1 aromatic carbocycles. The van der Waals surface area contributed by atoms with Crippen molar-refractivity contribution >= 4 is 9.84 Å². The molecule has 6 heteroatoms. The van der Waals surface area contributed by atoms with Gasteiger partial charge in [-0.3, -0.25) is 10.1 Å². The van der Waals surface area contributed by atoms with Gasteiger partial charge in [0.1, 0.15) is 0 Å². The van der Waals surface area contributed by atoms with Gasteiger partial charge in [0.15, 0.2) is 0 Å². The minimum absolute atomic E-state index is 0.0103. The maximum Gasteiger partial charge on any atom is 0.329 e. The third-order valence-electron chi connectivity index (χ3n) is 4.43. The number of hydrogen-bond donors (Lipinski definition) is 0. The van der Waals surface area contributed by atoms with Crippen LogP contribution in [0.4, 0.5) is 0 Å². The summed E-state index contributed by atoms with van der Waals surface area (Å²) in [5.74, 6) is -0.545. The highest BCUT2D eigenvalue weighted by molar-refractivity contribution is 7.92. The van der Waals surface area contributed by atoms with Crippen LogP contribution in [0.2, 0.25) is 0 Å². The van der Waals surface area contributed by atoms with Crippen LogP contribution in [0.1, 0.15) is 19.3 Å². The van der Waals surface area contributed by atoms with Gasteiger partial charge in [-0.1, -0.05) is 30.4 Å². The van der Waals surface area contributed by atoms with Gasteiger partial charge in [0.05, 0.1) is 10.8 Å². The molecule has 106 valence electrons. The van der Waals surface area contributed by atoms with Crippen LogP contribution in [-0.4, -0.2) is 18.2 Å². The van der Waals surface area contributed by atoms with E-state index in [0.717, 1.165) is 6.42 Å². The number of fused-ring (bicyclic) bond motifs is 2. The number of rotatable bonds is 3. The summed E-state index contributed by atoms with van der Waals surface area (Å²) in [6.45, 7) is 0. The fraction of sp³-hybridized carbons (Fsp3) is 0.429. The van der Waals surface area contributed by atoms with Crippen molar-refractivity contribution in [3.8, 4) is 0 Å². The summed E-state index contributed by atoms with van der Waals surface area (Å²) in [5.41, 5.74) is 0. The Balaban J connectivity index is 2.18. The van der Waals surface area contributed by atoms with Crippen LogP contribution < -0.4 is 0 Å². The summed E-state index contributed by atoms with van der Waals surface area (Å²) < 4.78 is 25.7. The van der Waals surface area contributed by atoms with Crippen LogP contribution in [0.25, 0.3) is 0 Å². The fourth-order valence-corrected chi connectivity index (χ4v) is 5.52. The standard InChI is InChI=1S/C14H15NO4S/c16-15(17)14(10-11-6-8-12(14)9-7-11)20(18,19)13-4-2-1-3-5-13/h1-6,8,11-12H,7,9-10H2/t11-,12+,14-/m1/s1. The first-order valence-electron chi connectivity index (χ1n) is 6.61. The van der Waals surface area contributed by atoms with Crippen molar-refractivity contribution in [3.05, 3.63) is 52.6 Å².